The Hall–Kier alpha value is -1.29. The van der Waals surface area contributed by atoms with Gasteiger partial charge in [0.25, 0.3) is 0 Å². The zero-order valence-electron chi connectivity index (χ0n) is 13.9. The number of methoxy groups -OCH3 is 1. The minimum Gasteiger partial charge on any atom is -0.497 e. The molecule has 0 heterocycles. The lowest BCUT2D eigenvalue weighted by Gasteiger charge is -2.29. The second kappa shape index (κ2) is 8.37. The van der Waals surface area contributed by atoms with Crippen molar-refractivity contribution < 1.29 is 4.74 Å². The Balaban J connectivity index is 1.96. The van der Waals surface area contributed by atoms with Gasteiger partial charge in [-0.25, -0.2) is 0 Å². The van der Waals surface area contributed by atoms with E-state index in [9.17, 15) is 0 Å². The van der Waals surface area contributed by atoms with Crippen molar-refractivity contribution in [2.75, 3.05) is 7.11 Å². The van der Waals surface area contributed by atoms with Gasteiger partial charge in [-0.2, -0.15) is 0 Å². The smallest absolute Gasteiger partial charge is 0.167 e. The minimum absolute atomic E-state index is 0.217. The minimum atomic E-state index is 0.217. The second-order valence-corrected chi connectivity index (χ2v) is 6.86. The molecular formula is C18H28N2OS. The molecule has 0 spiro atoms. The molecule has 1 aromatic carbocycles. The molecule has 2 N–H and O–H groups in total. The van der Waals surface area contributed by atoms with Gasteiger partial charge in [-0.05, 0) is 48.7 Å². The Morgan fingerprint density at radius 3 is 2.32 bits per heavy atom. The first-order valence-electron chi connectivity index (χ1n) is 8.31. The molecular weight excluding hydrogens is 292 g/mol. The predicted molar refractivity (Wildman–Crippen MR) is 96.3 cm³/mol. The maximum atomic E-state index is 5.53. The van der Waals surface area contributed by atoms with Crippen LogP contribution in [0.25, 0.3) is 0 Å². The summed E-state index contributed by atoms with van der Waals surface area (Å²) < 4.78 is 5.23. The van der Waals surface area contributed by atoms with Gasteiger partial charge in [0.1, 0.15) is 5.75 Å². The zero-order valence-corrected chi connectivity index (χ0v) is 14.7. The third-order valence-electron chi connectivity index (χ3n) is 4.37. The molecule has 22 heavy (non-hydrogen) atoms. The first-order valence-corrected chi connectivity index (χ1v) is 8.72. The van der Waals surface area contributed by atoms with E-state index >= 15 is 0 Å². The van der Waals surface area contributed by atoms with E-state index in [0.717, 1.165) is 10.9 Å². The molecule has 1 saturated carbocycles. The lowest BCUT2D eigenvalue weighted by Crippen LogP contribution is -2.45. The van der Waals surface area contributed by atoms with Gasteiger partial charge in [-0.1, -0.05) is 45.2 Å². The normalized spacial score (nSPS) is 17.1. The third-order valence-corrected chi connectivity index (χ3v) is 4.60. The number of nitrogens with one attached hydrogen (secondary N) is 2. The highest BCUT2D eigenvalue weighted by molar-refractivity contribution is 7.80. The molecule has 0 unspecified atom stereocenters. The van der Waals surface area contributed by atoms with Crippen molar-refractivity contribution in [2.24, 2.45) is 5.92 Å². The van der Waals surface area contributed by atoms with Crippen LogP contribution in [0.15, 0.2) is 24.3 Å². The molecule has 0 radical (unpaired) electrons. The molecule has 1 fully saturated rings. The van der Waals surface area contributed by atoms with Gasteiger partial charge >= 0.3 is 0 Å². The van der Waals surface area contributed by atoms with Gasteiger partial charge in [0.15, 0.2) is 5.11 Å². The zero-order chi connectivity index (χ0) is 15.9. The van der Waals surface area contributed by atoms with E-state index in [2.05, 4.69) is 36.6 Å². The predicted octanol–water partition coefficient (Wildman–Crippen LogP) is 4.19. The average molecular weight is 321 g/mol. The van der Waals surface area contributed by atoms with Gasteiger partial charge in [0.05, 0.1) is 13.2 Å². The Labute approximate surface area is 139 Å². The first-order chi connectivity index (χ1) is 10.6. The van der Waals surface area contributed by atoms with Crippen LogP contribution in [-0.2, 0) is 0 Å². The molecule has 4 heteroatoms. The summed E-state index contributed by atoms with van der Waals surface area (Å²) in [6, 6.07) is 8.99. The maximum absolute atomic E-state index is 5.53. The summed E-state index contributed by atoms with van der Waals surface area (Å²) in [7, 11) is 1.69. The summed E-state index contributed by atoms with van der Waals surface area (Å²) in [5.74, 6) is 1.34. The summed E-state index contributed by atoms with van der Waals surface area (Å²) in [4.78, 5) is 0. The van der Waals surface area contributed by atoms with Crippen molar-refractivity contribution >= 4 is 17.3 Å². The molecule has 1 aromatic rings. The van der Waals surface area contributed by atoms with Crippen molar-refractivity contribution in [3.05, 3.63) is 29.8 Å². The van der Waals surface area contributed by atoms with Crippen LogP contribution in [0.1, 0.15) is 57.6 Å². The van der Waals surface area contributed by atoms with E-state index in [1.807, 2.05) is 12.1 Å². The van der Waals surface area contributed by atoms with Gasteiger partial charge < -0.3 is 15.4 Å². The average Bonchev–Trinajstić information content (AvgIpc) is 2.53. The van der Waals surface area contributed by atoms with E-state index in [0.29, 0.717) is 12.0 Å². The fourth-order valence-corrected chi connectivity index (χ4v) is 3.36. The molecule has 2 rings (SSSR count). The van der Waals surface area contributed by atoms with E-state index in [1.54, 1.807) is 7.11 Å². The maximum Gasteiger partial charge on any atom is 0.167 e. The van der Waals surface area contributed by atoms with Crippen LogP contribution < -0.4 is 15.4 Å². The number of ether oxygens (including phenoxy) is 1. The number of thiocarbonyl (C=S) groups is 1. The number of benzene rings is 1. The fourth-order valence-electron chi connectivity index (χ4n) is 3.06. The SMILES string of the molecule is COc1ccc([C@@H](NC(=S)NC2CCCCC2)C(C)C)cc1. The third kappa shape index (κ3) is 4.87. The Bertz CT molecular complexity index is 466. The van der Waals surface area contributed by atoms with E-state index in [1.165, 1.54) is 37.7 Å². The van der Waals surface area contributed by atoms with Crippen LogP contribution in [0, 0.1) is 5.92 Å². The van der Waals surface area contributed by atoms with Gasteiger partial charge in [0, 0.05) is 6.04 Å². The molecule has 0 aliphatic heterocycles. The molecule has 1 aliphatic carbocycles. The fraction of sp³-hybridized carbons (Fsp3) is 0.611. The van der Waals surface area contributed by atoms with Crippen LogP contribution >= 0.6 is 12.2 Å². The van der Waals surface area contributed by atoms with Crippen molar-refractivity contribution in [1.29, 1.82) is 0 Å². The first kappa shape index (κ1) is 17.1. The molecule has 1 atom stereocenters. The van der Waals surface area contributed by atoms with Gasteiger partial charge in [-0.3, -0.25) is 0 Å². The second-order valence-electron chi connectivity index (χ2n) is 6.45. The highest BCUT2D eigenvalue weighted by Gasteiger charge is 2.19. The largest absolute Gasteiger partial charge is 0.497 e. The molecule has 0 amide bonds. The summed E-state index contributed by atoms with van der Waals surface area (Å²) in [6.45, 7) is 4.43. The lowest BCUT2D eigenvalue weighted by atomic mass is 9.95. The monoisotopic (exact) mass is 320 g/mol. The van der Waals surface area contributed by atoms with Gasteiger partial charge in [-0.15, -0.1) is 0 Å². The van der Waals surface area contributed by atoms with Crippen LogP contribution in [0.4, 0.5) is 0 Å². The van der Waals surface area contributed by atoms with E-state index in [-0.39, 0.29) is 6.04 Å². The number of hydrogen-bond acceptors (Lipinski definition) is 2. The van der Waals surface area contributed by atoms with E-state index in [4.69, 9.17) is 17.0 Å². The quantitative estimate of drug-likeness (QED) is 0.797. The van der Waals surface area contributed by atoms with Crippen molar-refractivity contribution in [3.8, 4) is 5.75 Å². The van der Waals surface area contributed by atoms with E-state index < -0.39 is 0 Å². The molecule has 0 saturated heterocycles. The Morgan fingerprint density at radius 2 is 1.77 bits per heavy atom. The summed E-state index contributed by atoms with van der Waals surface area (Å²) in [5.41, 5.74) is 1.24. The standard InChI is InChI=1S/C18H28N2OS/c1-13(2)17(14-9-11-16(21-3)12-10-14)20-18(22)19-15-7-5-4-6-8-15/h9-13,15,17H,4-8H2,1-3H3,(H2,19,20,22)/t17-/m0/s1. The van der Waals surface area contributed by atoms with Crippen LogP contribution in [0.2, 0.25) is 0 Å². The summed E-state index contributed by atoms with van der Waals surface area (Å²) in [5, 5.41) is 7.77. The summed E-state index contributed by atoms with van der Waals surface area (Å²) in [6.07, 6.45) is 6.45. The summed E-state index contributed by atoms with van der Waals surface area (Å²) >= 11 is 5.53. The number of rotatable bonds is 5. The Kier molecular flexibility index (Phi) is 6.49. The van der Waals surface area contributed by atoms with Crippen LogP contribution in [0.3, 0.4) is 0 Å². The molecule has 0 aromatic heterocycles. The molecule has 122 valence electrons. The lowest BCUT2D eigenvalue weighted by molar-refractivity contribution is 0.403. The van der Waals surface area contributed by atoms with Gasteiger partial charge in [0.2, 0.25) is 0 Å². The van der Waals surface area contributed by atoms with Crippen molar-refractivity contribution in [2.45, 2.75) is 58.0 Å². The molecule has 0 bridgehead atoms. The topological polar surface area (TPSA) is 33.3 Å². The highest BCUT2D eigenvalue weighted by Crippen LogP contribution is 2.24. The van der Waals surface area contributed by atoms with Crippen LogP contribution in [-0.4, -0.2) is 18.3 Å². The van der Waals surface area contributed by atoms with Crippen molar-refractivity contribution in [1.82, 2.24) is 10.6 Å². The number of hydrogen-bond donors (Lipinski definition) is 2. The molecule has 3 nitrogen and oxygen atoms in total. The highest BCUT2D eigenvalue weighted by atomic mass is 32.1. The Morgan fingerprint density at radius 1 is 1.14 bits per heavy atom. The molecule has 1 aliphatic rings. The van der Waals surface area contributed by atoms with Crippen molar-refractivity contribution in [3.63, 3.8) is 0 Å². The van der Waals surface area contributed by atoms with Crippen LogP contribution in [0.5, 0.6) is 5.75 Å².